The third-order valence-corrected chi connectivity index (χ3v) is 8.43. The second kappa shape index (κ2) is 9.21. The summed E-state index contributed by atoms with van der Waals surface area (Å²) in [6.07, 6.45) is 7.63. The molecule has 170 valence electrons. The predicted molar refractivity (Wildman–Crippen MR) is 124 cm³/mol. The van der Waals surface area contributed by atoms with E-state index in [4.69, 9.17) is 11.6 Å². The van der Waals surface area contributed by atoms with Gasteiger partial charge in [-0.25, -0.2) is 13.1 Å². The Morgan fingerprint density at radius 3 is 2.72 bits per heavy atom. The Bertz CT molecular complexity index is 1280. The summed E-state index contributed by atoms with van der Waals surface area (Å²) in [5.41, 5.74) is 2.09. The van der Waals surface area contributed by atoms with Gasteiger partial charge in [-0.3, -0.25) is 4.79 Å². The van der Waals surface area contributed by atoms with Crippen LogP contribution in [0.4, 0.5) is 0 Å². The lowest BCUT2D eigenvalue weighted by molar-refractivity contribution is 0.131. The SMILES string of the molecule is CCCn1cc(-n2cc(-c3ccc(S(=O)(=O)C4CCC[C@H](O)C4)cc3Cl)cn2)ccc1=O. The van der Waals surface area contributed by atoms with Crippen LogP contribution in [0.3, 0.4) is 0 Å². The molecule has 2 atom stereocenters. The van der Waals surface area contributed by atoms with Crippen molar-refractivity contribution in [1.82, 2.24) is 14.3 Å². The third kappa shape index (κ3) is 4.53. The first-order chi connectivity index (χ1) is 15.3. The highest BCUT2D eigenvalue weighted by Crippen LogP contribution is 2.34. The van der Waals surface area contributed by atoms with Crippen molar-refractivity contribution < 1.29 is 13.5 Å². The van der Waals surface area contributed by atoms with Crippen LogP contribution in [0.5, 0.6) is 0 Å². The molecule has 1 unspecified atom stereocenters. The van der Waals surface area contributed by atoms with Gasteiger partial charge in [-0.2, -0.15) is 5.10 Å². The van der Waals surface area contributed by atoms with Crippen molar-refractivity contribution in [2.24, 2.45) is 0 Å². The number of aliphatic hydroxyl groups excluding tert-OH is 1. The van der Waals surface area contributed by atoms with Crippen LogP contribution in [0.15, 0.2) is 58.6 Å². The van der Waals surface area contributed by atoms with Crippen LogP contribution in [-0.2, 0) is 16.4 Å². The lowest BCUT2D eigenvalue weighted by Crippen LogP contribution is -2.30. The summed E-state index contributed by atoms with van der Waals surface area (Å²) in [6.45, 7) is 2.63. The van der Waals surface area contributed by atoms with Crippen molar-refractivity contribution in [2.75, 3.05) is 0 Å². The molecule has 9 heteroatoms. The number of hydrogen-bond acceptors (Lipinski definition) is 5. The second-order valence-electron chi connectivity index (χ2n) is 8.22. The number of aromatic nitrogens is 3. The number of aliphatic hydroxyl groups is 1. The van der Waals surface area contributed by atoms with E-state index in [0.717, 1.165) is 17.7 Å². The molecule has 7 nitrogen and oxygen atoms in total. The van der Waals surface area contributed by atoms with Crippen molar-refractivity contribution in [3.05, 3.63) is 64.3 Å². The van der Waals surface area contributed by atoms with Crippen molar-refractivity contribution in [3.63, 3.8) is 0 Å². The average molecular weight is 476 g/mol. The maximum Gasteiger partial charge on any atom is 0.250 e. The molecule has 0 bridgehead atoms. The summed E-state index contributed by atoms with van der Waals surface area (Å²) >= 11 is 6.48. The molecule has 2 aromatic heterocycles. The fourth-order valence-electron chi connectivity index (χ4n) is 4.17. The van der Waals surface area contributed by atoms with Gasteiger partial charge in [0.15, 0.2) is 9.84 Å². The van der Waals surface area contributed by atoms with Crippen molar-refractivity contribution in [1.29, 1.82) is 0 Å². The van der Waals surface area contributed by atoms with E-state index in [1.165, 1.54) is 12.1 Å². The Labute approximate surface area is 192 Å². The van der Waals surface area contributed by atoms with Crippen LogP contribution in [0.1, 0.15) is 39.0 Å². The number of benzene rings is 1. The van der Waals surface area contributed by atoms with Gasteiger partial charge in [-0.15, -0.1) is 0 Å². The Hall–Kier alpha value is -2.42. The summed E-state index contributed by atoms with van der Waals surface area (Å²) in [5.74, 6) is 0. The Morgan fingerprint density at radius 2 is 2.00 bits per heavy atom. The van der Waals surface area contributed by atoms with Gasteiger partial charge in [0.1, 0.15) is 0 Å². The van der Waals surface area contributed by atoms with E-state index in [2.05, 4.69) is 5.10 Å². The molecule has 2 heterocycles. The molecule has 1 N–H and O–H groups in total. The smallest absolute Gasteiger partial charge is 0.250 e. The average Bonchev–Trinajstić information content (AvgIpc) is 3.25. The van der Waals surface area contributed by atoms with Crippen molar-refractivity contribution >= 4 is 21.4 Å². The van der Waals surface area contributed by atoms with E-state index >= 15 is 0 Å². The zero-order valence-electron chi connectivity index (χ0n) is 17.8. The normalized spacial score (nSPS) is 19.2. The van der Waals surface area contributed by atoms with Crippen LogP contribution < -0.4 is 5.56 Å². The van der Waals surface area contributed by atoms with Crippen LogP contribution in [0.2, 0.25) is 5.02 Å². The number of sulfone groups is 1. The summed E-state index contributed by atoms with van der Waals surface area (Å²) in [4.78, 5) is 12.1. The molecular formula is C23H26ClN3O4S. The first-order valence-corrected chi connectivity index (χ1v) is 12.7. The van der Waals surface area contributed by atoms with Gasteiger partial charge in [0.2, 0.25) is 0 Å². The minimum absolute atomic E-state index is 0.0618. The minimum atomic E-state index is -3.57. The summed E-state index contributed by atoms with van der Waals surface area (Å²) < 4.78 is 29.3. The number of pyridine rings is 1. The fraction of sp³-hybridized carbons (Fsp3) is 0.391. The largest absolute Gasteiger partial charge is 0.393 e. The fourth-order valence-corrected chi connectivity index (χ4v) is 6.41. The molecule has 1 aliphatic carbocycles. The van der Waals surface area contributed by atoms with E-state index in [1.54, 1.807) is 46.0 Å². The summed E-state index contributed by atoms with van der Waals surface area (Å²) in [5, 5.41) is 14.0. The van der Waals surface area contributed by atoms with E-state index in [9.17, 15) is 18.3 Å². The zero-order chi connectivity index (χ0) is 22.9. The van der Waals surface area contributed by atoms with Crippen LogP contribution >= 0.6 is 11.6 Å². The molecule has 0 aliphatic heterocycles. The topological polar surface area (TPSA) is 94.2 Å². The molecule has 0 radical (unpaired) electrons. The molecule has 0 amide bonds. The standard InChI is InChI=1S/C23H26ClN3O4S/c1-2-10-26-15-17(6-9-23(26)29)27-14-16(13-25-27)21-8-7-20(12-22(21)24)32(30,31)19-5-3-4-18(28)11-19/h6-9,12-15,18-19,28H,2-5,10-11H2,1H3/t18-,19?/m0/s1. The molecule has 1 aromatic carbocycles. The monoisotopic (exact) mass is 475 g/mol. The van der Waals surface area contributed by atoms with Gasteiger partial charge >= 0.3 is 0 Å². The lowest BCUT2D eigenvalue weighted by atomic mass is 9.97. The Kier molecular flexibility index (Phi) is 6.55. The Balaban J connectivity index is 1.62. The van der Waals surface area contributed by atoms with Gasteiger partial charge < -0.3 is 9.67 Å². The lowest BCUT2D eigenvalue weighted by Gasteiger charge is -2.25. The zero-order valence-corrected chi connectivity index (χ0v) is 19.4. The van der Waals surface area contributed by atoms with Crippen LogP contribution in [-0.4, -0.2) is 39.2 Å². The maximum absolute atomic E-state index is 13.0. The van der Waals surface area contributed by atoms with E-state index < -0.39 is 21.2 Å². The van der Waals surface area contributed by atoms with Gasteiger partial charge in [0.25, 0.3) is 5.56 Å². The van der Waals surface area contributed by atoms with E-state index in [1.807, 2.05) is 6.92 Å². The maximum atomic E-state index is 13.0. The van der Waals surface area contributed by atoms with Gasteiger partial charge in [0, 0.05) is 41.2 Å². The highest BCUT2D eigenvalue weighted by atomic mass is 35.5. The summed E-state index contributed by atoms with van der Waals surface area (Å²) in [7, 11) is -3.57. The van der Waals surface area contributed by atoms with Gasteiger partial charge in [-0.05, 0) is 50.3 Å². The van der Waals surface area contributed by atoms with Crippen LogP contribution in [0, 0.1) is 0 Å². The number of hydrogen-bond donors (Lipinski definition) is 1. The molecule has 4 rings (SSSR count). The molecule has 32 heavy (non-hydrogen) atoms. The number of halogens is 1. The molecule has 3 aromatic rings. The number of nitrogens with zero attached hydrogens (tertiary/aromatic N) is 3. The molecule has 1 aliphatic rings. The second-order valence-corrected chi connectivity index (χ2v) is 10.9. The van der Waals surface area contributed by atoms with Gasteiger partial charge in [-0.1, -0.05) is 24.6 Å². The van der Waals surface area contributed by atoms with Crippen LogP contribution in [0.25, 0.3) is 16.8 Å². The number of aryl methyl sites for hydroxylation is 1. The van der Waals surface area contributed by atoms with Crippen molar-refractivity contribution in [2.45, 2.75) is 61.8 Å². The first kappa shape index (κ1) is 22.8. The molecule has 1 saturated carbocycles. The Morgan fingerprint density at radius 1 is 1.19 bits per heavy atom. The minimum Gasteiger partial charge on any atom is -0.393 e. The third-order valence-electron chi connectivity index (χ3n) is 5.90. The highest BCUT2D eigenvalue weighted by Gasteiger charge is 2.32. The highest BCUT2D eigenvalue weighted by molar-refractivity contribution is 7.92. The molecular weight excluding hydrogens is 450 g/mol. The van der Waals surface area contributed by atoms with E-state index in [0.29, 0.717) is 36.4 Å². The van der Waals surface area contributed by atoms with Crippen molar-refractivity contribution in [3.8, 4) is 16.8 Å². The quantitative estimate of drug-likeness (QED) is 0.584. The predicted octanol–water partition coefficient (Wildman–Crippen LogP) is 3.84. The van der Waals surface area contributed by atoms with E-state index in [-0.39, 0.29) is 16.9 Å². The molecule has 0 spiro atoms. The summed E-state index contributed by atoms with van der Waals surface area (Å²) in [6, 6.07) is 7.96. The molecule has 1 fully saturated rings. The number of rotatable bonds is 6. The van der Waals surface area contributed by atoms with Gasteiger partial charge in [0.05, 0.1) is 28.1 Å². The first-order valence-electron chi connectivity index (χ1n) is 10.8. The molecule has 0 saturated heterocycles.